The third kappa shape index (κ3) is 3.72. The second kappa shape index (κ2) is 7.74. The number of para-hydroxylation sites is 1. The number of hydrogen-bond donors (Lipinski definition) is 1. The molecule has 8 heteroatoms. The number of nitrogens with one attached hydrogen (secondary N) is 1. The molecule has 140 valence electrons. The third-order valence-corrected chi connectivity index (χ3v) is 6.38. The number of carbonyl (C=O) groups is 1. The van der Waals surface area contributed by atoms with Crippen LogP contribution < -0.4 is 15.1 Å². The van der Waals surface area contributed by atoms with Gasteiger partial charge in [0, 0.05) is 13.6 Å². The van der Waals surface area contributed by atoms with Crippen LogP contribution in [0, 0.1) is 0 Å². The number of fused-ring (bicyclic) bond motifs is 2. The highest BCUT2D eigenvalue weighted by molar-refractivity contribution is 7.92. The molecule has 1 heterocycles. The van der Waals surface area contributed by atoms with Crippen molar-refractivity contribution in [3.63, 3.8) is 0 Å². The van der Waals surface area contributed by atoms with E-state index < -0.39 is 16.1 Å². The van der Waals surface area contributed by atoms with Crippen LogP contribution in [0.15, 0.2) is 47.4 Å². The Morgan fingerprint density at radius 1 is 1.22 bits per heavy atom. The summed E-state index contributed by atoms with van der Waals surface area (Å²) in [6, 6.07) is 11.8. The molecule has 0 amide bonds. The third-order valence-electron chi connectivity index (χ3n) is 4.56. The molecule has 1 atom stereocenters. The Bertz CT molecular complexity index is 962. The van der Waals surface area contributed by atoms with Crippen LogP contribution in [0.1, 0.15) is 30.5 Å². The van der Waals surface area contributed by atoms with E-state index in [0.717, 1.165) is 5.56 Å². The molecule has 2 radical (unpaired) electrons. The first-order valence-corrected chi connectivity index (χ1v) is 10.2. The van der Waals surface area contributed by atoms with Gasteiger partial charge in [0.15, 0.2) is 0 Å². The molecular formula is C19H21BN2O4S. The van der Waals surface area contributed by atoms with E-state index in [2.05, 4.69) is 5.32 Å². The molecule has 1 unspecified atom stereocenters. The predicted molar refractivity (Wildman–Crippen MR) is 105 cm³/mol. The van der Waals surface area contributed by atoms with Crippen molar-refractivity contribution in [3.8, 4) is 0 Å². The number of ether oxygens (including phenoxy) is 1. The number of nitrogens with zero attached hydrogens (tertiary/aromatic N) is 1. The largest absolute Gasteiger partial charge is 0.466 e. The predicted octanol–water partition coefficient (Wildman–Crippen LogP) is 1.25. The molecule has 6 nitrogen and oxygen atoms in total. The second-order valence-electron chi connectivity index (χ2n) is 6.27. The fourth-order valence-corrected chi connectivity index (χ4v) is 4.74. The molecule has 3 rings (SSSR count). The van der Waals surface area contributed by atoms with Crippen LogP contribution in [0.3, 0.4) is 0 Å². The zero-order valence-corrected chi connectivity index (χ0v) is 16.1. The minimum Gasteiger partial charge on any atom is -0.466 e. The van der Waals surface area contributed by atoms with Crippen LogP contribution in [0.2, 0.25) is 0 Å². The molecule has 0 fully saturated rings. The van der Waals surface area contributed by atoms with Crippen molar-refractivity contribution in [1.82, 2.24) is 5.32 Å². The highest BCUT2D eigenvalue weighted by Crippen LogP contribution is 2.39. The number of benzene rings is 2. The van der Waals surface area contributed by atoms with E-state index in [1.807, 2.05) is 12.1 Å². The fraction of sp³-hybridized carbons (Fsp3) is 0.316. The highest BCUT2D eigenvalue weighted by atomic mass is 32.2. The maximum absolute atomic E-state index is 13.1. The van der Waals surface area contributed by atoms with Gasteiger partial charge >= 0.3 is 5.97 Å². The summed E-state index contributed by atoms with van der Waals surface area (Å²) in [7, 11) is 3.63. The Balaban J connectivity index is 2.07. The van der Waals surface area contributed by atoms with Gasteiger partial charge in [-0.2, -0.15) is 0 Å². The Labute approximate surface area is 161 Å². The minimum atomic E-state index is -3.75. The second-order valence-corrected chi connectivity index (χ2v) is 8.21. The molecule has 2 aromatic rings. The van der Waals surface area contributed by atoms with E-state index in [1.54, 1.807) is 31.2 Å². The van der Waals surface area contributed by atoms with Gasteiger partial charge in [0.1, 0.15) is 7.85 Å². The van der Waals surface area contributed by atoms with E-state index in [-0.39, 0.29) is 17.3 Å². The van der Waals surface area contributed by atoms with Crippen LogP contribution >= 0.6 is 0 Å². The SMILES string of the molecule is [B]c1ccc2c(c1)S(=O)(=O)N(C)c1ccccc1C2NCCC(=O)OCC. The molecular weight excluding hydrogens is 363 g/mol. The van der Waals surface area contributed by atoms with E-state index in [1.165, 1.54) is 17.4 Å². The number of hydrogen-bond acceptors (Lipinski definition) is 5. The summed E-state index contributed by atoms with van der Waals surface area (Å²) in [5.74, 6) is -0.297. The maximum atomic E-state index is 13.1. The zero-order valence-electron chi connectivity index (χ0n) is 15.3. The van der Waals surface area contributed by atoms with Crippen molar-refractivity contribution < 1.29 is 17.9 Å². The van der Waals surface area contributed by atoms with Gasteiger partial charge in [-0.1, -0.05) is 35.8 Å². The van der Waals surface area contributed by atoms with Gasteiger partial charge in [0.05, 0.1) is 29.7 Å². The zero-order chi connectivity index (χ0) is 19.6. The van der Waals surface area contributed by atoms with Gasteiger partial charge in [-0.25, -0.2) is 8.42 Å². The van der Waals surface area contributed by atoms with E-state index in [0.29, 0.717) is 29.9 Å². The molecule has 0 saturated carbocycles. The van der Waals surface area contributed by atoms with Gasteiger partial charge < -0.3 is 10.1 Å². The van der Waals surface area contributed by atoms with Crippen molar-refractivity contribution in [2.45, 2.75) is 24.3 Å². The molecule has 0 saturated heterocycles. The topological polar surface area (TPSA) is 75.7 Å². The van der Waals surface area contributed by atoms with Crippen LogP contribution in [0.25, 0.3) is 0 Å². The Morgan fingerprint density at radius 2 is 1.96 bits per heavy atom. The molecule has 1 N–H and O–H groups in total. The lowest BCUT2D eigenvalue weighted by Crippen LogP contribution is -2.27. The first kappa shape index (κ1) is 19.4. The quantitative estimate of drug-likeness (QED) is 0.621. The first-order chi connectivity index (χ1) is 12.9. The number of rotatable bonds is 5. The van der Waals surface area contributed by atoms with Gasteiger partial charge in [0.25, 0.3) is 10.0 Å². The smallest absolute Gasteiger partial charge is 0.307 e. The van der Waals surface area contributed by atoms with Crippen LogP contribution in [-0.4, -0.2) is 42.4 Å². The Morgan fingerprint density at radius 3 is 2.70 bits per heavy atom. The van der Waals surface area contributed by atoms with Gasteiger partial charge in [-0.3, -0.25) is 9.10 Å². The van der Waals surface area contributed by atoms with E-state index >= 15 is 0 Å². The number of carbonyl (C=O) groups excluding carboxylic acids is 1. The van der Waals surface area contributed by atoms with Crippen LogP contribution in [0.5, 0.6) is 0 Å². The van der Waals surface area contributed by atoms with Gasteiger partial charge in [0.2, 0.25) is 0 Å². The summed E-state index contributed by atoms with van der Waals surface area (Å²) >= 11 is 0. The van der Waals surface area contributed by atoms with E-state index in [9.17, 15) is 13.2 Å². The molecule has 1 aliphatic rings. The normalized spacial score (nSPS) is 17.6. The molecule has 27 heavy (non-hydrogen) atoms. The average molecular weight is 384 g/mol. The highest BCUT2D eigenvalue weighted by Gasteiger charge is 2.34. The van der Waals surface area contributed by atoms with Gasteiger partial charge in [-0.05, 0) is 30.2 Å². The first-order valence-electron chi connectivity index (χ1n) is 8.72. The monoisotopic (exact) mass is 384 g/mol. The molecule has 2 aromatic carbocycles. The van der Waals surface area contributed by atoms with Crippen molar-refractivity contribution >= 4 is 35.0 Å². The lowest BCUT2D eigenvalue weighted by molar-refractivity contribution is -0.143. The fourth-order valence-electron chi connectivity index (χ4n) is 3.25. The summed E-state index contributed by atoms with van der Waals surface area (Å²) in [4.78, 5) is 11.8. The van der Waals surface area contributed by atoms with E-state index in [4.69, 9.17) is 12.6 Å². The summed E-state index contributed by atoms with van der Waals surface area (Å²) < 4.78 is 32.5. The Kier molecular flexibility index (Phi) is 5.57. The molecule has 0 spiro atoms. The van der Waals surface area contributed by atoms with Crippen LogP contribution in [-0.2, 0) is 19.6 Å². The number of sulfonamides is 1. The summed E-state index contributed by atoms with van der Waals surface area (Å²) in [6.45, 7) is 2.44. The van der Waals surface area contributed by atoms with Crippen molar-refractivity contribution in [2.24, 2.45) is 0 Å². The summed E-state index contributed by atoms with van der Waals surface area (Å²) in [5.41, 5.74) is 2.38. The molecule has 0 aliphatic carbocycles. The lowest BCUT2D eigenvalue weighted by Gasteiger charge is -2.22. The average Bonchev–Trinajstić information content (AvgIpc) is 2.71. The minimum absolute atomic E-state index is 0.162. The molecule has 0 aromatic heterocycles. The summed E-state index contributed by atoms with van der Waals surface area (Å²) in [6.07, 6.45) is 0.194. The maximum Gasteiger partial charge on any atom is 0.307 e. The van der Waals surface area contributed by atoms with Crippen molar-refractivity contribution in [3.05, 3.63) is 53.6 Å². The van der Waals surface area contributed by atoms with Crippen LogP contribution in [0.4, 0.5) is 5.69 Å². The standard InChI is InChI=1S/C19H21BN2O4S/c1-3-26-18(23)10-11-21-19-14-6-4-5-7-16(14)22(2)27(24,25)17-12-13(20)8-9-15(17)19/h4-9,12,19,21H,3,10-11H2,1-2H3. The van der Waals surface area contributed by atoms with Crippen molar-refractivity contribution in [2.75, 3.05) is 24.5 Å². The number of anilines is 1. The van der Waals surface area contributed by atoms with Gasteiger partial charge in [-0.15, -0.1) is 0 Å². The molecule has 0 bridgehead atoms. The lowest BCUT2D eigenvalue weighted by atomic mass is 9.91. The molecule has 1 aliphatic heterocycles. The summed E-state index contributed by atoms with van der Waals surface area (Å²) in [5, 5.41) is 3.31. The van der Waals surface area contributed by atoms with Crippen molar-refractivity contribution in [1.29, 1.82) is 0 Å². The number of esters is 1. The Hall–Kier alpha value is -2.32.